The molecular formula is C25H25F3N4O. The van der Waals surface area contributed by atoms with Gasteiger partial charge in [-0.15, -0.1) is 0 Å². The molecule has 1 aliphatic rings. The van der Waals surface area contributed by atoms with Crippen LogP contribution in [0, 0.1) is 0 Å². The summed E-state index contributed by atoms with van der Waals surface area (Å²) in [5.41, 5.74) is 3.87. The highest BCUT2D eigenvalue weighted by molar-refractivity contribution is 5.86. The quantitative estimate of drug-likeness (QED) is 0.423. The predicted octanol–water partition coefficient (Wildman–Crippen LogP) is 5.46. The predicted molar refractivity (Wildman–Crippen MR) is 124 cm³/mol. The van der Waals surface area contributed by atoms with Gasteiger partial charge in [0, 0.05) is 47.2 Å². The van der Waals surface area contributed by atoms with Crippen LogP contribution in [-0.4, -0.2) is 21.1 Å². The molecule has 0 fully saturated rings. The van der Waals surface area contributed by atoms with Gasteiger partial charge in [0.05, 0.1) is 16.9 Å². The number of aromatic nitrogens is 3. The fraction of sp³-hybridized carbons (Fsp3) is 0.280. The van der Waals surface area contributed by atoms with E-state index in [1.54, 1.807) is 12.3 Å². The minimum atomic E-state index is -4.44. The Bertz CT molecular complexity index is 1320. The van der Waals surface area contributed by atoms with E-state index in [2.05, 4.69) is 15.3 Å². The molecule has 33 heavy (non-hydrogen) atoms. The Morgan fingerprint density at radius 3 is 2.58 bits per heavy atom. The van der Waals surface area contributed by atoms with Crippen molar-refractivity contribution in [1.82, 2.24) is 19.9 Å². The average Bonchev–Trinajstić information content (AvgIpc) is 2.99. The Balaban J connectivity index is 0.00000126. The normalized spacial score (nSPS) is 13.7. The number of H-pyrrole nitrogens is 1. The monoisotopic (exact) mass is 454 g/mol. The van der Waals surface area contributed by atoms with Crippen molar-refractivity contribution in [3.8, 4) is 16.9 Å². The lowest BCUT2D eigenvalue weighted by Gasteiger charge is -2.09. The number of halogens is 3. The summed E-state index contributed by atoms with van der Waals surface area (Å²) in [4.78, 5) is 20.1. The van der Waals surface area contributed by atoms with E-state index in [0.29, 0.717) is 16.9 Å². The highest BCUT2D eigenvalue weighted by Crippen LogP contribution is 2.30. The maximum atomic E-state index is 12.8. The number of fused-ring (bicyclic) bond motifs is 3. The number of hydrogen-bond acceptors (Lipinski definition) is 3. The third-order valence-electron chi connectivity index (χ3n) is 5.64. The summed E-state index contributed by atoms with van der Waals surface area (Å²) in [6.45, 7) is 5.82. The topological polar surface area (TPSA) is 62.7 Å². The summed E-state index contributed by atoms with van der Waals surface area (Å²) < 4.78 is 39.7. The molecule has 8 heteroatoms. The molecule has 1 aromatic carbocycles. The summed E-state index contributed by atoms with van der Waals surface area (Å²) in [7, 11) is 0. The summed E-state index contributed by atoms with van der Waals surface area (Å²) in [6, 6.07) is 11.2. The van der Waals surface area contributed by atoms with Crippen LogP contribution in [0.15, 0.2) is 59.7 Å². The zero-order chi connectivity index (χ0) is 23.6. The average molecular weight is 454 g/mol. The standard InChI is InChI=1S/C23H19F3N4O.C2H6/c24-23(25,26)15-3-6-19(28-12-15)14-7-9-30(22(31)10-14)16-4-5-17-18-13-27-8-1-2-20(18)29-21(17)11-16;1-2/h3-7,9-12,27,29H,1-2,8,13H2;1-2H3. The second-order valence-electron chi connectivity index (χ2n) is 7.65. The molecule has 2 N–H and O–H groups in total. The number of benzene rings is 1. The summed E-state index contributed by atoms with van der Waals surface area (Å²) in [5, 5.41) is 4.57. The number of nitrogens with zero attached hydrogens (tertiary/aromatic N) is 2. The lowest BCUT2D eigenvalue weighted by atomic mass is 10.1. The number of aryl methyl sites for hydroxylation is 1. The number of alkyl halides is 3. The van der Waals surface area contributed by atoms with Crippen molar-refractivity contribution < 1.29 is 13.2 Å². The fourth-order valence-electron chi connectivity index (χ4n) is 4.05. The second-order valence-corrected chi connectivity index (χ2v) is 7.65. The molecule has 0 saturated carbocycles. The maximum absolute atomic E-state index is 12.8. The first-order chi connectivity index (χ1) is 15.9. The van der Waals surface area contributed by atoms with E-state index in [-0.39, 0.29) is 5.56 Å². The van der Waals surface area contributed by atoms with Crippen LogP contribution in [0.4, 0.5) is 13.2 Å². The molecule has 0 saturated heterocycles. The van der Waals surface area contributed by atoms with E-state index in [9.17, 15) is 18.0 Å². The molecule has 4 aromatic rings. The Kier molecular flexibility index (Phi) is 6.37. The van der Waals surface area contributed by atoms with Gasteiger partial charge in [-0.3, -0.25) is 14.3 Å². The molecule has 5 nitrogen and oxygen atoms in total. The molecule has 0 spiro atoms. The Morgan fingerprint density at radius 2 is 1.88 bits per heavy atom. The van der Waals surface area contributed by atoms with E-state index in [1.807, 2.05) is 32.0 Å². The van der Waals surface area contributed by atoms with Crippen molar-refractivity contribution in [2.45, 2.75) is 39.4 Å². The lowest BCUT2D eigenvalue weighted by molar-refractivity contribution is -0.137. The van der Waals surface area contributed by atoms with Gasteiger partial charge in [-0.05, 0) is 55.3 Å². The first-order valence-electron chi connectivity index (χ1n) is 11.0. The third-order valence-corrected chi connectivity index (χ3v) is 5.64. The van der Waals surface area contributed by atoms with Crippen LogP contribution in [0.3, 0.4) is 0 Å². The number of aromatic amines is 1. The smallest absolute Gasteiger partial charge is 0.358 e. The Labute approximate surface area is 189 Å². The van der Waals surface area contributed by atoms with E-state index in [1.165, 1.54) is 28.0 Å². The maximum Gasteiger partial charge on any atom is 0.417 e. The number of rotatable bonds is 2. The second kappa shape index (κ2) is 9.23. The van der Waals surface area contributed by atoms with Gasteiger partial charge in [0.2, 0.25) is 0 Å². The summed E-state index contributed by atoms with van der Waals surface area (Å²) in [5.74, 6) is 0. The van der Waals surface area contributed by atoms with Gasteiger partial charge in [0.1, 0.15) is 0 Å². The van der Waals surface area contributed by atoms with E-state index < -0.39 is 11.7 Å². The van der Waals surface area contributed by atoms with Crippen LogP contribution >= 0.6 is 0 Å². The van der Waals surface area contributed by atoms with Crippen molar-refractivity contribution in [1.29, 1.82) is 0 Å². The third kappa shape index (κ3) is 4.57. The van der Waals surface area contributed by atoms with Crippen LogP contribution in [-0.2, 0) is 19.1 Å². The minimum Gasteiger partial charge on any atom is -0.358 e. The molecule has 0 aliphatic carbocycles. The van der Waals surface area contributed by atoms with Crippen molar-refractivity contribution in [3.05, 3.63) is 82.0 Å². The Morgan fingerprint density at radius 1 is 1.06 bits per heavy atom. The minimum absolute atomic E-state index is 0.284. The lowest BCUT2D eigenvalue weighted by Crippen LogP contribution is -2.16. The van der Waals surface area contributed by atoms with Crippen molar-refractivity contribution in [2.75, 3.05) is 6.54 Å². The van der Waals surface area contributed by atoms with Gasteiger partial charge in [-0.1, -0.05) is 19.9 Å². The number of hydrogen-bond donors (Lipinski definition) is 2. The van der Waals surface area contributed by atoms with Crippen LogP contribution in [0.25, 0.3) is 27.8 Å². The summed E-state index contributed by atoms with van der Waals surface area (Å²) in [6.07, 6.45) is 0.0129. The van der Waals surface area contributed by atoms with Gasteiger partial charge >= 0.3 is 6.18 Å². The molecule has 172 valence electrons. The Hall–Kier alpha value is -3.39. The summed E-state index contributed by atoms with van der Waals surface area (Å²) >= 11 is 0. The number of pyridine rings is 2. The SMILES string of the molecule is CC.O=c1cc(-c2ccc(C(F)(F)F)cn2)ccn1-c1ccc2c3c([nH]c2c1)CCCNC3. The zero-order valence-electron chi connectivity index (χ0n) is 18.5. The van der Waals surface area contributed by atoms with Crippen LogP contribution in [0.2, 0.25) is 0 Å². The molecule has 1 aliphatic heterocycles. The molecule has 0 amide bonds. The van der Waals surface area contributed by atoms with Crippen molar-refractivity contribution in [3.63, 3.8) is 0 Å². The molecule has 0 bridgehead atoms. The molecule has 4 heterocycles. The van der Waals surface area contributed by atoms with Gasteiger partial charge in [-0.25, -0.2) is 0 Å². The first-order valence-corrected chi connectivity index (χ1v) is 11.0. The highest BCUT2D eigenvalue weighted by atomic mass is 19.4. The molecular weight excluding hydrogens is 429 g/mol. The van der Waals surface area contributed by atoms with E-state index in [0.717, 1.165) is 49.1 Å². The van der Waals surface area contributed by atoms with Crippen molar-refractivity contribution in [2.24, 2.45) is 0 Å². The fourth-order valence-corrected chi connectivity index (χ4v) is 4.05. The molecule has 3 aromatic heterocycles. The van der Waals surface area contributed by atoms with Gasteiger partial charge in [0.25, 0.3) is 5.56 Å². The van der Waals surface area contributed by atoms with Crippen LogP contribution < -0.4 is 10.9 Å². The highest BCUT2D eigenvalue weighted by Gasteiger charge is 2.30. The van der Waals surface area contributed by atoms with Crippen molar-refractivity contribution >= 4 is 10.9 Å². The molecule has 0 unspecified atom stereocenters. The van der Waals surface area contributed by atoms with Gasteiger partial charge in [-0.2, -0.15) is 13.2 Å². The number of nitrogens with one attached hydrogen (secondary N) is 2. The van der Waals surface area contributed by atoms with E-state index in [4.69, 9.17) is 0 Å². The molecule has 0 atom stereocenters. The first kappa shape index (κ1) is 22.8. The zero-order valence-corrected chi connectivity index (χ0v) is 18.5. The largest absolute Gasteiger partial charge is 0.417 e. The van der Waals surface area contributed by atoms with Crippen LogP contribution in [0.1, 0.15) is 37.1 Å². The van der Waals surface area contributed by atoms with Crippen LogP contribution in [0.5, 0.6) is 0 Å². The van der Waals surface area contributed by atoms with Gasteiger partial charge < -0.3 is 10.3 Å². The molecule has 5 rings (SSSR count). The van der Waals surface area contributed by atoms with E-state index >= 15 is 0 Å². The molecule has 0 radical (unpaired) electrons. The van der Waals surface area contributed by atoms with Gasteiger partial charge in [0.15, 0.2) is 0 Å².